The molecule has 2 aromatic heterocycles. The highest BCUT2D eigenvalue weighted by Gasteiger charge is 2.27. The van der Waals surface area contributed by atoms with Crippen LogP contribution in [0.5, 0.6) is 0 Å². The Bertz CT molecular complexity index is 719. The average Bonchev–Trinajstić information content (AvgIpc) is 3.14. The Kier molecular flexibility index (Phi) is 2.38. The molecular weight excluding hydrogens is 256 g/mol. The minimum Gasteiger partial charge on any atom is -0.477 e. The number of carboxylic acids is 1. The Balaban J connectivity index is 2.47. The number of nitrogens with zero attached hydrogens (tertiary/aromatic N) is 2. The molecule has 1 N–H and O–H groups in total. The van der Waals surface area contributed by atoms with Gasteiger partial charge in [0.1, 0.15) is 5.56 Å². The average molecular weight is 265 g/mol. The summed E-state index contributed by atoms with van der Waals surface area (Å²) in [6.45, 7) is 0. The third kappa shape index (κ3) is 1.59. The molecule has 0 amide bonds. The van der Waals surface area contributed by atoms with Crippen LogP contribution in [-0.2, 0) is 0 Å². The molecule has 0 bridgehead atoms. The first kappa shape index (κ1) is 11.2. The molecule has 1 aliphatic rings. The van der Waals surface area contributed by atoms with Crippen molar-refractivity contribution < 1.29 is 9.90 Å². The Morgan fingerprint density at radius 1 is 1.44 bits per heavy atom. The number of aromatic nitrogens is 2. The molecule has 0 unspecified atom stereocenters. The number of pyridine rings is 2. The number of carboxylic acid groups (broad SMARTS) is 1. The van der Waals surface area contributed by atoms with Gasteiger partial charge in [0.15, 0.2) is 0 Å². The standard InChI is InChI=1S/C12H9ClN2O3/c13-9-4-14-3-7-10(9)15(6-1-2-6)5-8(11(7)16)12(17)18/h3-6H,1-2H2,(H,17,18). The molecule has 1 fully saturated rings. The van der Waals surface area contributed by atoms with Gasteiger partial charge in [-0.3, -0.25) is 9.78 Å². The Hall–Kier alpha value is -1.88. The van der Waals surface area contributed by atoms with E-state index in [4.69, 9.17) is 16.7 Å². The van der Waals surface area contributed by atoms with E-state index in [0.717, 1.165) is 12.8 Å². The minimum absolute atomic E-state index is 0.228. The Morgan fingerprint density at radius 2 is 2.17 bits per heavy atom. The molecule has 0 radical (unpaired) electrons. The highest BCUT2D eigenvalue weighted by Crippen LogP contribution is 2.38. The van der Waals surface area contributed by atoms with Crippen molar-refractivity contribution in [3.63, 3.8) is 0 Å². The van der Waals surface area contributed by atoms with Gasteiger partial charge in [-0.15, -0.1) is 0 Å². The van der Waals surface area contributed by atoms with Crippen LogP contribution in [-0.4, -0.2) is 20.6 Å². The fourth-order valence-electron chi connectivity index (χ4n) is 2.06. The predicted molar refractivity (Wildman–Crippen MR) is 66.2 cm³/mol. The highest BCUT2D eigenvalue weighted by atomic mass is 35.5. The molecule has 0 spiro atoms. The number of hydrogen-bond acceptors (Lipinski definition) is 3. The molecule has 2 aromatic rings. The zero-order chi connectivity index (χ0) is 12.9. The number of aromatic carboxylic acids is 1. The topological polar surface area (TPSA) is 72.2 Å². The van der Waals surface area contributed by atoms with Gasteiger partial charge in [-0.25, -0.2) is 4.79 Å². The maximum Gasteiger partial charge on any atom is 0.341 e. The third-order valence-corrected chi connectivity index (χ3v) is 3.34. The maximum atomic E-state index is 12.0. The van der Waals surface area contributed by atoms with Crippen LogP contribution in [0.2, 0.25) is 5.02 Å². The van der Waals surface area contributed by atoms with Crippen molar-refractivity contribution in [2.24, 2.45) is 0 Å². The summed E-state index contributed by atoms with van der Waals surface area (Å²) < 4.78 is 1.78. The molecule has 0 atom stereocenters. The van der Waals surface area contributed by atoms with Crippen molar-refractivity contribution in [1.82, 2.24) is 9.55 Å². The van der Waals surface area contributed by atoms with Gasteiger partial charge in [0.05, 0.1) is 15.9 Å². The van der Waals surface area contributed by atoms with E-state index in [0.29, 0.717) is 10.5 Å². The van der Waals surface area contributed by atoms with Crippen LogP contribution >= 0.6 is 11.6 Å². The first-order valence-corrected chi connectivity index (χ1v) is 5.89. The van der Waals surface area contributed by atoms with Gasteiger partial charge in [0, 0.05) is 24.6 Å². The number of fused-ring (bicyclic) bond motifs is 1. The summed E-state index contributed by atoms with van der Waals surface area (Å²) in [7, 11) is 0. The summed E-state index contributed by atoms with van der Waals surface area (Å²) >= 11 is 6.07. The second kappa shape index (κ2) is 3.81. The summed E-state index contributed by atoms with van der Waals surface area (Å²) in [5.74, 6) is -1.23. The van der Waals surface area contributed by atoms with Crippen molar-refractivity contribution in [3.8, 4) is 0 Å². The summed E-state index contributed by atoms with van der Waals surface area (Å²) in [5.41, 5.74) is -0.202. The maximum absolute atomic E-state index is 12.0. The monoisotopic (exact) mass is 264 g/mol. The van der Waals surface area contributed by atoms with E-state index in [1.165, 1.54) is 18.6 Å². The van der Waals surface area contributed by atoms with E-state index in [2.05, 4.69) is 4.98 Å². The van der Waals surface area contributed by atoms with Crippen molar-refractivity contribution in [2.45, 2.75) is 18.9 Å². The van der Waals surface area contributed by atoms with Crippen molar-refractivity contribution >= 4 is 28.5 Å². The molecule has 0 saturated heterocycles. The van der Waals surface area contributed by atoms with E-state index >= 15 is 0 Å². The predicted octanol–water partition coefficient (Wildman–Crippen LogP) is 2.08. The van der Waals surface area contributed by atoms with Crippen LogP contribution in [0.4, 0.5) is 0 Å². The van der Waals surface area contributed by atoms with Gasteiger partial charge in [0.2, 0.25) is 5.43 Å². The quantitative estimate of drug-likeness (QED) is 0.901. The molecule has 6 heteroatoms. The second-order valence-corrected chi connectivity index (χ2v) is 4.74. The fraction of sp³-hybridized carbons (Fsp3) is 0.250. The van der Waals surface area contributed by atoms with Crippen LogP contribution < -0.4 is 5.43 Å². The van der Waals surface area contributed by atoms with Crippen LogP contribution in [0.25, 0.3) is 10.9 Å². The van der Waals surface area contributed by atoms with Crippen LogP contribution in [0.3, 0.4) is 0 Å². The molecule has 3 rings (SSSR count). The van der Waals surface area contributed by atoms with Gasteiger partial charge in [-0.2, -0.15) is 0 Å². The molecule has 5 nitrogen and oxygen atoms in total. The summed E-state index contributed by atoms with van der Waals surface area (Å²) in [5, 5.41) is 9.68. The van der Waals surface area contributed by atoms with E-state index in [9.17, 15) is 9.59 Å². The van der Waals surface area contributed by atoms with Crippen LogP contribution in [0.15, 0.2) is 23.4 Å². The van der Waals surface area contributed by atoms with E-state index in [-0.39, 0.29) is 17.0 Å². The molecule has 92 valence electrons. The van der Waals surface area contributed by atoms with Crippen LogP contribution in [0.1, 0.15) is 29.2 Å². The number of halogens is 1. The zero-order valence-electron chi connectivity index (χ0n) is 9.26. The van der Waals surface area contributed by atoms with Gasteiger partial charge >= 0.3 is 5.97 Å². The lowest BCUT2D eigenvalue weighted by atomic mass is 10.2. The molecular formula is C12H9ClN2O3. The SMILES string of the molecule is O=C(O)c1cn(C2CC2)c2c(Cl)cncc2c1=O. The van der Waals surface area contributed by atoms with Gasteiger partial charge in [-0.1, -0.05) is 11.6 Å². The normalized spacial score (nSPS) is 14.9. The first-order chi connectivity index (χ1) is 8.59. The van der Waals surface area contributed by atoms with E-state index < -0.39 is 11.4 Å². The molecule has 0 aliphatic heterocycles. The summed E-state index contributed by atoms with van der Waals surface area (Å²) in [6.07, 6.45) is 6.15. The largest absolute Gasteiger partial charge is 0.477 e. The lowest BCUT2D eigenvalue weighted by Crippen LogP contribution is -2.19. The second-order valence-electron chi connectivity index (χ2n) is 4.33. The first-order valence-electron chi connectivity index (χ1n) is 5.51. The zero-order valence-corrected chi connectivity index (χ0v) is 10.0. The minimum atomic E-state index is -1.23. The van der Waals surface area contributed by atoms with Gasteiger partial charge < -0.3 is 9.67 Å². The molecule has 2 heterocycles. The number of hydrogen-bond donors (Lipinski definition) is 1. The third-order valence-electron chi connectivity index (χ3n) is 3.06. The lowest BCUT2D eigenvalue weighted by Gasteiger charge is -2.11. The summed E-state index contributed by atoms with van der Waals surface area (Å²) in [6, 6.07) is 0.228. The Labute approximate surface area is 107 Å². The fourth-order valence-corrected chi connectivity index (χ4v) is 2.31. The smallest absolute Gasteiger partial charge is 0.341 e. The van der Waals surface area contributed by atoms with Crippen molar-refractivity contribution in [1.29, 1.82) is 0 Å². The number of carbonyl (C=O) groups is 1. The number of rotatable bonds is 2. The Morgan fingerprint density at radius 3 is 2.78 bits per heavy atom. The van der Waals surface area contributed by atoms with E-state index in [1.54, 1.807) is 4.57 Å². The molecule has 1 aliphatic carbocycles. The van der Waals surface area contributed by atoms with E-state index in [1.807, 2.05) is 0 Å². The molecule has 1 saturated carbocycles. The van der Waals surface area contributed by atoms with Gasteiger partial charge in [0.25, 0.3) is 0 Å². The van der Waals surface area contributed by atoms with Crippen LogP contribution in [0, 0.1) is 0 Å². The lowest BCUT2D eigenvalue weighted by molar-refractivity contribution is 0.0695. The summed E-state index contributed by atoms with van der Waals surface area (Å²) in [4.78, 5) is 27.0. The van der Waals surface area contributed by atoms with Crippen molar-refractivity contribution in [2.75, 3.05) is 0 Å². The highest BCUT2D eigenvalue weighted by molar-refractivity contribution is 6.34. The van der Waals surface area contributed by atoms with Gasteiger partial charge in [-0.05, 0) is 12.8 Å². The molecule has 0 aromatic carbocycles. The van der Waals surface area contributed by atoms with Crippen molar-refractivity contribution in [3.05, 3.63) is 39.4 Å². The molecule has 18 heavy (non-hydrogen) atoms.